The van der Waals surface area contributed by atoms with Crippen molar-refractivity contribution in [2.45, 2.75) is 13.8 Å². The Morgan fingerprint density at radius 2 is 2.19 bits per heavy atom. The monoisotopic (exact) mass is 287 g/mol. The average Bonchev–Trinajstić information content (AvgIpc) is 2.45. The van der Waals surface area contributed by atoms with Gasteiger partial charge < -0.3 is 10.5 Å². The summed E-state index contributed by atoms with van der Waals surface area (Å²) in [5, 5.41) is 19.6. The predicted molar refractivity (Wildman–Crippen MR) is 80.1 cm³/mol. The number of esters is 1. The molecule has 0 atom stereocenters. The summed E-state index contributed by atoms with van der Waals surface area (Å²) >= 11 is 0. The van der Waals surface area contributed by atoms with Gasteiger partial charge in [0, 0.05) is 0 Å². The number of ether oxygens (including phenoxy) is 1. The first-order chi connectivity index (χ1) is 9.95. The van der Waals surface area contributed by atoms with Gasteiger partial charge in [-0.25, -0.2) is 4.79 Å². The Kier molecular flexibility index (Phi) is 5.89. The van der Waals surface area contributed by atoms with E-state index in [1.807, 2.05) is 13.8 Å². The second-order valence-corrected chi connectivity index (χ2v) is 4.64. The molecule has 4 N–H and O–H groups in total. The van der Waals surface area contributed by atoms with Gasteiger partial charge in [0.05, 0.1) is 17.9 Å². The number of benzene rings is 1. The second-order valence-electron chi connectivity index (χ2n) is 4.64. The minimum atomic E-state index is -0.483. The van der Waals surface area contributed by atoms with Crippen molar-refractivity contribution in [3.8, 4) is 6.07 Å². The molecule has 1 aromatic carbocycles. The van der Waals surface area contributed by atoms with E-state index in [0.29, 0.717) is 17.9 Å². The van der Waals surface area contributed by atoms with E-state index in [9.17, 15) is 4.79 Å². The maximum Gasteiger partial charge on any atom is 0.340 e. The quantitative estimate of drug-likeness (QED) is 0.318. The van der Waals surface area contributed by atoms with Crippen LogP contribution in [-0.4, -0.2) is 24.1 Å². The number of anilines is 1. The number of para-hydroxylation sites is 1. The van der Waals surface area contributed by atoms with E-state index >= 15 is 0 Å². The average molecular weight is 287 g/mol. The number of hydrogen-bond acceptors (Lipinski definition) is 6. The van der Waals surface area contributed by atoms with E-state index < -0.39 is 11.8 Å². The van der Waals surface area contributed by atoms with Crippen LogP contribution in [-0.2, 0) is 4.74 Å². The topological polar surface area (TPSA) is 124 Å². The van der Waals surface area contributed by atoms with Crippen molar-refractivity contribution >= 4 is 23.2 Å². The number of hydrazone groups is 1. The molecule has 0 aliphatic carbocycles. The van der Waals surface area contributed by atoms with Gasteiger partial charge in [-0.2, -0.15) is 10.4 Å². The van der Waals surface area contributed by atoms with Crippen LogP contribution in [0.25, 0.3) is 0 Å². The molecule has 1 aromatic rings. The van der Waals surface area contributed by atoms with Crippen LogP contribution in [0.4, 0.5) is 5.69 Å². The fourth-order valence-electron chi connectivity index (χ4n) is 1.34. The molecule has 7 heteroatoms. The van der Waals surface area contributed by atoms with E-state index in [2.05, 4.69) is 10.5 Å². The van der Waals surface area contributed by atoms with Crippen LogP contribution in [0.5, 0.6) is 0 Å². The number of nitrogens with two attached hydrogens (primary N) is 1. The molecule has 0 saturated carbocycles. The lowest BCUT2D eigenvalue weighted by atomic mass is 10.2. The molecule has 0 aliphatic heterocycles. The van der Waals surface area contributed by atoms with Gasteiger partial charge in [0.1, 0.15) is 6.07 Å². The van der Waals surface area contributed by atoms with Gasteiger partial charge in [0.15, 0.2) is 5.84 Å². The summed E-state index contributed by atoms with van der Waals surface area (Å²) in [5.74, 6) is -0.705. The maximum atomic E-state index is 12.0. The standard InChI is InChI=1S/C14H17N5O2/c1-9(2)8-21-14(20)10-5-3-4-6-11(10)18-19-12(7-15)13(16)17/h3-6,9,18H,8H2,1-2H3,(H3,16,17)/b19-12+. The van der Waals surface area contributed by atoms with Crippen LogP contribution in [0.1, 0.15) is 24.2 Å². The van der Waals surface area contributed by atoms with E-state index in [4.69, 9.17) is 21.1 Å². The first-order valence-corrected chi connectivity index (χ1v) is 6.30. The Morgan fingerprint density at radius 1 is 1.52 bits per heavy atom. The van der Waals surface area contributed by atoms with Gasteiger partial charge in [-0.15, -0.1) is 0 Å². The minimum absolute atomic E-state index is 0.231. The van der Waals surface area contributed by atoms with E-state index in [-0.39, 0.29) is 11.6 Å². The van der Waals surface area contributed by atoms with Crippen LogP contribution in [0, 0.1) is 22.7 Å². The number of amidine groups is 1. The predicted octanol–water partition coefficient (Wildman–Crippen LogP) is 1.73. The smallest absolute Gasteiger partial charge is 0.340 e. The third-order valence-electron chi connectivity index (χ3n) is 2.34. The normalized spacial score (nSPS) is 10.9. The lowest BCUT2D eigenvalue weighted by Gasteiger charge is -2.10. The lowest BCUT2D eigenvalue weighted by Crippen LogP contribution is -2.22. The molecule has 1 rings (SSSR count). The van der Waals surface area contributed by atoms with Gasteiger partial charge in [-0.3, -0.25) is 10.8 Å². The van der Waals surface area contributed by atoms with Gasteiger partial charge in [-0.1, -0.05) is 26.0 Å². The van der Waals surface area contributed by atoms with Crippen molar-refractivity contribution in [2.24, 2.45) is 16.8 Å². The highest BCUT2D eigenvalue weighted by Crippen LogP contribution is 2.16. The summed E-state index contributed by atoms with van der Waals surface area (Å²) < 4.78 is 5.15. The molecule has 0 saturated heterocycles. The third-order valence-corrected chi connectivity index (χ3v) is 2.34. The van der Waals surface area contributed by atoms with Gasteiger partial charge in [0.2, 0.25) is 5.71 Å². The van der Waals surface area contributed by atoms with Crippen LogP contribution in [0.2, 0.25) is 0 Å². The van der Waals surface area contributed by atoms with Crippen LogP contribution >= 0.6 is 0 Å². The van der Waals surface area contributed by atoms with Crippen LogP contribution in [0.15, 0.2) is 29.4 Å². The van der Waals surface area contributed by atoms with Gasteiger partial charge in [-0.05, 0) is 18.1 Å². The second kappa shape index (κ2) is 7.65. The maximum absolute atomic E-state index is 12.0. The Labute approximate surface area is 122 Å². The van der Waals surface area contributed by atoms with E-state index in [1.165, 1.54) is 0 Å². The highest BCUT2D eigenvalue weighted by atomic mass is 16.5. The van der Waals surface area contributed by atoms with E-state index in [1.54, 1.807) is 30.3 Å². The number of rotatable bonds is 6. The molecule has 0 fully saturated rings. The molecule has 110 valence electrons. The summed E-state index contributed by atoms with van der Waals surface area (Å²) in [6.07, 6.45) is 0. The zero-order chi connectivity index (χ0) is 15.8. The fraction of sp³-hybridized carbons (Fsp3) is 0.286. The fourth-order valence-corrected chi connectivity index (χ4v) is 1.34. The largest absolute Gasteiger partial charge is 0.462 e. The number of nitrogens with one attached hydrogen (secondary N) is 2. The highest BCUT2D eigenvalue weighted by molar-refractivity contribution is 6.45. The number of carbonyl (C=O) groups is 1. The van der Waals surface area contributed by atoms with E-state index in [0.717, 1.165) is 0 Å². The number of hydrogen-bond donors (Lipinski definition) is 3. The molecule has 7 nitrogen and oxygen atoms in total. The van der Waals surface area contributed by atoms with Crippen molar-refractivity contribution < 1.29 is 9.53 Å². The first kappa shape index (κ1) is 16.2. The molecule has 0 radical (unpaired) electrons. The molecular weight excluding hydrogens is 270 g/mol. The minimum Gasteiger partial charge on any atom is -0.462 e. The molecule has 0 unspecified atom stereocenters. The molecule has 0 aliphatic rings. The Bertz CT molecular complexity index is 602. The summed E-state index contributed by atoms with van der Waals surface area (Å²) in [7, 11) is 0. The Balaban J connectivity index is 2.92. The molecule has 21 heavy (non-hydrogen) atoms. The summed E-state index contributed by atoms with van der Waals surface area (Å²) in [6.45, 7) is 4.19. The molecule has 0 bridgehead atoms. The van der Waals surface area contributed by atoms with Gasteiger partial charge in [0.25, 0.3) is 0 Å². The Hall–Kier alpha value is -2.88. The molecule has 0 aromatic heterocycles. The number of carbonyl (C=O) groups excluding carboxylic acids is 1. The first-order valence-electron chi connectivity index (χ1n) is 6.30. The molecule has 0 heterocycles. The van der Waals surface area contributed by atoms with Crippen LogP contribution < -0.4 is 11.2 Å². The van der Waals surface area contributed by atoms with Crippen LogP contribution in [0.3, 0.4) is 0 Å². The number of nitriles is 1. The highest BCUT2D eigenvalue weighted by Gasteiger charge is 2.13. The van der Waals surface area contributed by atoms with Crippen molar-refractivity contribution in [2.75, 3.05) is 12.0 Å². The van der Waals surface area contributed by atoms with Crippen molar-refractivity contribution in [1.82, 2.24) is 0 Å². The van der Waals surface area contributed by atoms with Gasteiger partial charge >= 0.3 is 5.97 Å². The summed E-state index contributed by atoms with van der Waals surface area (Å²) in [6, 6.07) is 8.28. The summed E-state index contributed by atoms with van der Waals surface area (Å²) in [4.78, 5) is 12.0. The van der Waals surface area contributed by atoms with Crippen molar-refractivity contribution in [3.63, 3.8) is 0 Å². The SMILES string of the molecule is CC(C)COC(=O)c1ccccc1N/N=C(\C#N)C(=N)N. The zero-order valence-electron chi connectivity index (χ0n) is 11.9. The number of nitrogens with zero attached hydrogens (tertiary/aromatic N) is 2. The third kappa shape index (κ3) is 4.95. The summed E-state index contributed by atoms with van der Waals surface area (Å²) in [5.41, 5.74) is 8.15. The van der Waals surface area contributed by atoms with Crippen molar-refractivity contribution in [1.29, 1.82) is 10.7 Å². The molecular formula is C14H17N5O2. The Morgan fingerprint density at radius 3 is 2.76 bits per heavy atom. The lowest BCUT2D eigenvalue weighted by molar-refractivity contribution is 0.0460. The zero-order valence-corrected chi connectivity index (χ0v) is 11.9. The molecule has 0 spiro atoms. The molecule has 0 amide bonds. The van der Waals surface area contributed by atoms with Crippen molar-refractivity contribution in [3.05, 3.63) is 29.8 Å².